The minimum Gasteiger partial charge on any atom is -0.292 e. The third kappa shape index (κ3) is 3.64. The average molecular weight is 226 g/mol. The lowest BCUT2D eigenvalue weighted by molar-refractivity contribution is 0.278. The van der Waals surface area contributed by atoms with Gasteiger partial charge in [-0.25, -0.2) is 0 Å². The van der Waals surface area contributed by atoms with Crippen molar-refractivity contribution in [2.75, 3.05) is 6.54 Å². The lowest BCUT2D eigenvalue weighted by Gasteiger charge is -2.19. The molecule has 0 atom stereocenters. The summed E-state index contributed by atoms with van der Waals surface area (Å²) in [5.41, 5.74) is 2.12. The zero-order chi connectivity index (χ0) is 11.9. The van der Waals surface area contributed by atoms with Gasteiger partial charge in [-0.05, 0) is 37.7 Å². The zero-order valence-electron chi connectivity index (χ0n) is 9.79. The molecule has 0 spiro atoms. The maximum Gasteiger partial charge on any atom is 0.0544 e. The van der Waals surface area contributed by atoms with E-state index in [1.165, 1.54) is 0 Å². The molecule has 2 heterocycles. The standard InChI is InChI=1S/C14H16N3/c1-2-17(11-13-7-3-5-9-15-13)12-14-8-4-6-10-16-14/h3-10H,1-2,11-12H2. The van der Waals surface area contributed by atoms with Crippen LogP contribution in [0.4, 0.5) is 0 Å². The van der Waals surface area contributed by atoms with Crippen LogP contribution in [0.3, 0.4) is 0 Å². The van der Waals surface area contributed by atoms with Gasteiger partial charge in [-0.3, -0.25) is 14.9 Å². The van der Waals surface area contributed by atoms with Crippen LogP contribution in [0.25, 0.3) is 0 Å². The highest BCUT2D eigenvalue weighted by atomic mass is 15.1. The summed E-state index contributed by atoms with van der Waals surface area (Å²) in [5, 5.41) is 0. The highest BCUT2D eigenvalue weighted by molar-refractivity contribution is 5.06. The molecule has 0 aliphatic rings. The van der Waals surface area contributed by atoms with Gasteiger partial charge in [-0.1, -0.05) is 12.1 Å². The Morgan fingerprint density at radius 1 is 0.882 bits per heavy atom. The van der Waals surface area contributed by atoms with Crippen molar-refractivity contribution in [2.45, 2.75) is 13.1 Å². The molecular formula is C14H16N3. The molecule has 17 heavy (non-hydrogen) atoms. The second kappa shape index (κ2) is 6.11. The summed E-state index contributed by atoms with van der Waals surface area (Å²) < 4.78 is 0. The van der Waals surface area contributed by atoms with Crippen LogP contribution in [-0.2, 0) is 13.1 Å². The summed E-state index contributed by atoms with van der Waals surface area (Å²) in [6, 6.07) is 11.9. The quantitative estimate of drug-likeness (QED) is 0.783. The molecule has 3 nitrogen and oxygen atoms in total. The predicted molar refractivity (Wildman–Crippen MR) is 67.9 cm³/mol. The monoisotopic (exact) mass is 226 g/mol. The molecule has 87 valence electrons. The summed E-state index contributed by atoms with van der Waals surface area (Å²) in [4.78, 5) is 10.8. The summed E-state index contributed by atoms with van der Waals surface area (Å²) in [6.45, 7) is 6.30. The Kier molecular flexibility index (Phi) is 4.22. The molecule has 0 saturated heterocycles. The van der Waals surface area contributed by atoms with Crippen molar-refractivity contribution in [3.63, 3.8) is 0 Å². The Morgan fingerprint density at radius 3 is 1.76 bits per heavy atom. The number of hydrogen-bond donors (Lipinski definition) is 0. The lowest BCUT2D eigenvalue weighted by Crippen LogP contribution is -2.23. The Bertz CT molecular complexity index is 386. The van der Waals surface area contributed by atoms with Gasteiger partial charge in [-0.15, -0.1) is 0 Å². The lowest BCUT2D eigenvalue weighted by atomic mass is 10.3. The van der Waals surface area contributed by atoms with E-state index in [2.05, 4.69) is 21.8 Å². The molecular weight excluding hydrogens is 210 g/mol. The number of pyridine rings is 2. The Morgan fingerprint density at radius 2 is 1.41 bits per heavy atom. The number of nitrogens with zero attached hydrogens (tertiary/aromatic N) is 3. The van der Waals surface area contributed by atoms with Gasteiger partial charge in [0.1, 0.15) is 0 Å². The van der Waals surface area contributed by atoms with Crippen LogP contribution in [0.1, 0.15) is 11.4 Å². The first kappa shape index (κ1) is 11.7. The van der Waals surface area contributed by atoms with Gasteiger partial charge in [0.25, 0.3) is 0 Å². The third-order valence-corrected chi connectivity index (χ3v) is 2.54. The van der Waals surface area contributed by atoms with Gasteiger partial charge >= 0.3 is 0 Å². The summed E-state index contributed by atoms with van der Waals surface area (Å²) >= 11 is 0. The van der Waals surface area contributed by atoms with Gasteiger partial charge in [0, 0.05) is 25.5 Å². The van der Waals surface area contributed by atoms with Crippen molar-refractivity contribution in [1.82, 2.24) is 14.9 Å². The molecule has 0 N–H and O–H groups in total. The van der Waals surface area contributed by atoms with Crippen LogP contribution in [0, 0.1) is 6.92 Å². The molecule has 0 fully saturated rings. The van der Waals surface area contributed by atoms with Crippen LogP contribution in [0.15, 0.2) is 48.8 Å². The number of aromatic nitrogens is 2. The van der Waals surface area contributed by atoms with Crippen molar-refractivity contribution >= 4 is 0 Å². The highest BCUT2D eigenvalue weighted by Gasteiger charge is 2.05. The second-order valence-corrected chi connectivity index (χ2v) is 3.85. The first-order valence-electron chi connectivity index (χ1n) is 5.70. The van der Waals surface area contributed by atoms with E-state index in [4.69, 9.17) is 0 Å². The smallest absolute Gasteiger partial charge is 0.0544 e. The number of hydrogen-bond acceptors (Lipinski definition) is 3. The molecule has 3 heteroatoms. The van der Waals surface area contributed by atoms with Crippen LogP contribution in [0.5, 0.6) is 0 Å². The molecule has 2 aromatic rings. The summed E-state index contributed by atoms with van der Waals surface area (Å²) in [6.07, 6.45) is 3.63. The van der Waals surface area contributed by atoms with Crippen molar-refractivity contribution in [3.8, 4) is 0 Å². The molecule has 0 bridgehead atoms. The van der Waals surface area contributed by atoms with Crippen molar-refractivity contribution in [1.29, 1.82) is 0 Å². The topological polar surface area (TPSA) is 29.0 Å². The average Bonchev–Trinajstić information content (AvgIpc) is 2.40. The normalized spacial score (nSPS) is 10.7. The molecule has 0 amide bonds. The third-order valence-electron chi connectivity index (χ3n) is 2.54. The SMILES string of the molecule is [CH2]CN(Cc1ccccn1)Cc1ccccn1. The van der Waals surface area contributed by atoms with Gasteiger partial charge < -0.3 is 0 Å². The molecule has 0 aromatic carbocycles. The first-order chi connectivity index (χ1) is 8.38. The van der Waals surface area contributed by atoms with Gasteiger partial charge in [0.2, 0.25) is 0 Å². The van der Waals surface area contributed by atoms with E-state index < -0.39 is 0 Å². The molecule has 1 radical (unpaired) electrons. The summed E-state index contributed by atoms with van der Waals surface area (Å²) in [5.74, 6) is 0. The molecule has 0 aliphatic heterocycles. The van der Waals surface area contributed by atoms with Crippen molar-refractivity contribution in [2.24, 2.45) is 0 Å². The fraction of sp³-hybridized carbons (Fsp3) is 0.214. The van der Waals surface area contributed by atoms with E-state index in [0.717, 1.165) is 31.0 Å². The van der Waals surface area contributed by atoms with Crippen LogP contribution < -0.4 is 0 Å². The predicted octanol–water partition coefficient (Wildman–Crippen LogP) is 2.31. The largest absolute Gasteiger partial charge is 0.292 e. The molecule has 2 rings (SSSR count). The Hall–Kier alpha value is -1.74. The van der Waals surface area contributed by atoms with Crippen LogP contribution in [-0.4, -0.2) is 21.4 Å². The van der Waals surface area contributed by atoms with E-state index >= 15 is 0 Å². The van der Waals surface area contributed by atoms with Gasteiger partial charge in [0.05, 0.1) is 11.4 Å². The van der Waals surface area contributed by atoms with Crippen molar-refractivity contribution < 1.29 is 0 Å². The molecule has 0 saturated carbocycles. The minimum atomic E-state index is 0.743. The molecule has 2 aromatic heterocycles. The molecule has 0 unspecified atom stereocenters. The van der Waals surface area contributed by atoms with E-state index in [1.807, 2.05) is 48.8 Å². The maximum absolute atomic E-state index is 4.32. The fourth-order valence-corrected chi connectivity index (χ4v) is 1.66. The fourth-order valence-electron chi connectivity index (χ4n) is 1.66. The van der Waals surface area contributed by atoms with E-state index in [0.29, 0.717) is 0 Å². The second-order valence-electron chi connectivity index (χ2n) is 3.85. The number of rotatable bonds is 5. The van der Waals surface area contributed by atoms with E-state index in [-0.39, 0.29) is 0 Å². The minimum absolute atomic E-state index is 0.743. The van der Waals surface area contributed by atoms with Gasteiger partial charge in [-0.2, -0.15) is 0 Å². The first-order valence-corrected chi connectivity index (χ1v) is 5.70. The van der Waals surface area contributed by atoms with Gasteiger partial charge in [0.15, 0.2) is 0 Å². The van der Waals surface area contributed by atoms with E-state index in [1.54, 1.807) is 0 Å². The Labute approximate surface area is 102 Å². The maximum atomic E-state index is 4.32. The van der Waals surface area contributed by atoms with E-state index in [9.17, 15) is 0 Å². The Balaban J connectivity index is 1.98. The van der Waals surface area contributed by atoms with Crippen LogP contribution >= 0.6 is 0 Å². The van der Waals surface area contributed by atoms with Crippen molar-refractivity contribution in [3.05, 3.63) is 67.1 Å². The molecule has 0 aliphatic carbocycles. The van der Waals surface area contributed by atoms with Crippen LogP contribution in [0.2, 0.25) is 0 Å². The highest BCUT2D eigenvalue weighted by Crippen LogP contribution is 2.05. The summed E-state index contributed by atoms with van der Waals surface area (Å²) in [7, 11) is 0. The zero-order valence-corrected chi connectivity index (χ0v) is 9.79.